The van der Waals surface area contributed by atoms with Crippen LogP contribution in [0.1, 0.15) is 30.1 Å². The normalized spacial score (nSPS) is 11.8. The average Bonchev–Trinajstić information content (AvgIpc) is 2.45. The summed E-state index contributed by atoms with van der Waals surface area (Å²) in [5.74, 6) is 0.942. The van der Waals surface area contributed by atoms with Crippen molar-refractivity contribution >= 4 is 5.91 Å². The summed E-state index contributed by atoms with van der Waals surface area (Å²) in [6.45, 7) is 2.02. The summed E-state index contributed by atoms with van der Waals surface area (Å²) in [7, 11) is 3.08. The molecule has 0 saturated carbocycles. The zero-order valence-electron chi connectivity index (χ0n) is 11.6. The molecule has 1 unspecified atom stereocenters. The first-order chi connectivity index (χ1) is 9.14. The van der Waals surface area contributed by atoms with E-state index in [0.29, 0.717) is 23.5 Å². The Hall–Kier alpha value is -1.75. The van der Waals surface area contributed by atoms with Gasteiger partial charge >= 0.3 is 0 Å². The van der Waals surface area contributed by atoms with Crippen molar-refractivity contribution < 1.29 is 19.4 Å². The average molecular weight is 267 g/mol. The fraction of sp³-hybridized carbons (Fsp3) is 0.500. The molecule has 0 fully saturated rings. The molecule has 0 heterocycles. The van der Waals surface area contributed by atoms with Crippen molar-refractivity contribution in [2.24, 2.45) is 0 Å². The van der Waals surface area contributed by atoms with E-state index >= 15 is 0 Å². The zero-order valence-corrected chi connectivity index (χ0v) is 11.6. The number of methoxy groups -OCH3 is 2. The van der Waals surface area contributed by atoms with Crippen LogP contribution in [0.3, 0.4) is 0 Å². The Morgan fingerprint density at radius 1 is 1.26 bits per heavy atom. The number of hydrogen-bond donors (Lipinski definition) is 2. The molecule has 1 rings (SSSR count). The Labute approximate surface area is 113 Å². The zero-order chi connectivity index (χ0) is 14.3. The number of carbonyl (C=O) groups excluding carboxylic acids is 1. The fourth-order valence-corrected chi connectivity index (χ4v) is 1.74. The summed E-state index contributed by atoms with van der Waals surface area (Å²) >= 11 is 0. The van der Waals surface area contributed by atoms with Crippen molar-refractivity contribution in [3.63, 3.8) is 0 Å². The van der Waals surface area contributed by atoms with Crippen LogP contribution in [-0.2, 0) is 0 Å². The number of benzene rings is 1. The Morgan fingerprint density at radius 2 is 1.84 bits per heavy atom. The molecule has 0 saturated heterocycles. The number of amides is 1. The van der Waals surface area contributed by atoms with Crippen molar-refractivity contribution in [2.75, 3.05) is 20.8 Å². The van der Waals surface area contributed by atoms with Crippen LogP contribution in [0.25, 0.3) is 0 Å². The SMILES string of the molecule is CCC(CCO)NC(=O)c1cc(OC)cc(OC)c1. The van der Waals surface area contributed by atoms with Crippen molar-refractivity contribution in [2.45, 2.75) is 25.8 Å². The van der Waals surface area contributed by atoms with Gasteiger partial charge in [0.05, 0.1) is 14.2 Å². The summed E-state index contributed by atoms with van der Waals surface area (Å²) in [5.41, 5.74) is 0.479. The lowest BCUT2D eigenvalue weighted by Gasteiger charge is -2.16. The lowest BCUT2D eigenvalue weighted by molar-refractivity contribution is 0.0928. The molecule has 1 amide bonds. The molecule has 106 valence electrons. The van der Waals surface area contributed by atoms with Gasteiger partial charge in [-0.3, -0.25) is 4.79 Å². The summed E-state index contributed by atoms with van der Waals surface area (Å²) in [6, 6.07) is 4.99. The molecule has 0 aromatic heterocycles. The van der Waals surface area contributed by atoms with Gasteiger partial charge in [0, 0.05) is 24.3 Å². The minimum Gasteiger partial charge on any atom is -0.497 e. The molecule has 5 nitrogen and oxygen atoms in total. The van der Waals surface area contributed by atoms with Crippen LogP contribution < -0.4 is 14.8 Å². The number of rotatable bonds is 7. The van der Waals surface area contributed by atoms with E-state index in [2.05, 4.69) is 5.32 Å². The Kier molecular flexibility index (Phi) is 6.15. The van der Waals surface area contributed by atoms with Crippen molar-refractivity contribution in [3.8, 4) is 11.5 Å². The summed E-state index contributed by atoms with van der Waals surface area (Å²) in [6.07, 6.45) is 1.32. The van der Waals surface area contributed by atoms with E-state index in [0.717, 1.165) is 6.42 Å². The number of aliphatic hydroxyl groups excluding tert-OH is 1. The lowest BCUT2D eigenvalue weighted by Crippen LogP contribution is -2.35. The molecule has 0 aliphatic rings. The second kappa shape index (κ2) is 7.63. The maximum absolute atomic E-state index is 12.1. The van der Waals surface area contributed by atoms with Gasteiger partial charge in [-0.05, 0) is 25.0 Å². The molecule has 0 aliphatic heterocycles. The molecule has 0 bridgehead atoms. The predicted molar refractivity (Wildman–Crippen MR) is 72.8 cm³/mol. The molecular weight excluding hydrogens is 246 g/mol. The molecule has 0 radical (unpaired) electrons. The molecule has 0 spiro atoms. The van der Waals surface area contributed by atoms with E-state index in [9.17, 15) is 4.79 Å². The number of carbonyl (C=O) groups is 1. The Bertz CT molecular complexity index is 398. The summed E-state index contributed by atoms with van der Waals surface area (Å²) < 4.78 is 10.3. The highest BCUT2D eigenvalue weighted by Crippen LogP contribution is 2.22. The van der Waals surface area contributed by atoms with Gasteiger partial charge in [0.2, 0.25) is 0 Å². The second-order valence-electron chi connectivity index (χ2n) is 4.19. The van der Waals surface area contributed by atoms with Crippen LogP contribution in [0, 0.1) is 0 Å². The van der Waals surface area contributed by atoms with E-state index in [1.807, 2.05) is 6.92 Å². The third-order valence-corrected chi connectivity index (χ3v) is 2.92. The third-order valence-electron chi connectivity index (χ3n) is 2.92. The van der Waals surface area contributed by atoms with Crippen LogP contribution in [0.15, 0.2) is 18.2 Å². The maximum atomic E-state index is 12.1. The third kappa shape index (κ3) is 4.44. The highest BCUT2D eigenvalue weighted by molar-refractivity contribution is 5.95. The quantitative estimate of drug-likeness (QED) is 0.787. The van der Waals surface area contributed by atoms with Crippen LogP contribution in [0.2, 0.25) is 0 Å². The van der Waals surface area contributed by atoms with Gasteiger partial charge in [-0.25, -0.2) is 0 Å². The highest BCUT2D eigenvalue weighted by atomic mass is 16.5. The monoisotopic (exact) mass is 267 g/mol. The van der Waals surface area contributed by atoms with Crippen LogP contribution in [-0.4, -0.2) is 37.9 Å². The van der Waals surface area contributed by atoms with E-state index in [-0.39, 0.29) is 18.6 Å². The van der Waals surface area contributed by atoms with Gasteiger partial charge in [-0.1, -0.05) is 6.92 Å². The number of ether oxygens (including phenoxy) is 2. The smallest absolute Gasteiger partial charge is 0.251 e. The Balaban J connectivity index is 2.86. The molecule has 1 aromatic carbocycles. The standard InChI is InChI=1S/C14H21NO4/c1-4-11(5-6-16)15-14(17)10-7-12(18-2)9-13(8-10)19-3/h7-9,11,16H,4-6H2,1-3H3,(H,15,17). The first-order valence-electron chi connectivity index (χ1n) is 6.29. The van der Waals surface area contributed by atoms with Crippen LogP contribution in [0.4, 0.5) is 0 Å². The van der Waals surface area contributed by atoms with E-state index in [4.69, 9.17) is 14.6 Å². The highest BCUT2D eigenvalue weighted by Gasteiger charge is 2.13. The fourth-order valence-electron chi connectivity index (χ4n) is 1.74. The summed E-state index contributed by atoms with van der Waals surface area (Å²) in [5, 5.41) is 11.8. The first-order valence-corrected chi connectivity index (χ1v) is 6.29. The topological polar surface area (TPSA) is 67.8 Å². The largest absolute Gasteiger partial charge is 0.497 e. The van der Waals surface area contributed by atoms with Crippen LogP contribution >= 0.6 is 0 Å². The number of aliphatic hydroxyl groups is 1. The van der Waals surface area contributed by atoms with E-state index in [1.54, 1.807) is 18.2 Å². The molecule has 19 heavy (non-hydrogen) atoms. The van der Waals surface area contributed by atoms with Crippen molar-refractivity contribution in [1.29, 1.82) is 0 Å². The summed E-state index contributed by atoms with van der Waals surface area (Å²) in [4.78, 5) is 12.1. The van der Waals surface area contributed by atoms with Gasteiger partial charge in [0.25, 0.3) is 5.91 Å². The van der Waals surface area contributed by atoms with Gasteiger partial charge in [-0.2, -0.15) is 0 Å². The number of nitrogens with one attached hydrogen (secondary N) is 1. The molecule has 2 N–H and O–H groups in total. The minimum absolute atomic E-state index is 0.0327. The number of hydrogen-bond acceptors (Lipinski definition) is 4. The molecule has 5 heteroatoms. The lowest BCUT2D eigenvalue weighted by atomic mass is 10.1. The van der Waals surface area contributed by atoms with Crippen molar-refractivity contribution in [3.05, 3.63) is 23.8 Å². The second-order valence-corrected chi connectivity index (χ2v) is 4.19. The first kappa shape index (κ1) is 15.3. The molecule has 1 atom stereocenters. The van der Waals surface area contributed by atoms with Crippen molar-refractivity contribution in [1.82, 2.24) is 5.32 Å². The Morgan fingerprint density at radius 3 is 2.26 bits per heavy atom. The molecular formula is C14H21NO4. The maximum Gasteiger partial charge on any atom is 0.251 e. The van der Waals surface area contributed by atoms with E-state index < -0.39 is 0 Å². The van der Waals surface area contributed by atoms with Gasteiger partial charge < -0.3 is 19.9 Å². The van der Waals surface area contributed by atoms with Gasteiger partial charge in [-0.15, -0.1) is 0 Å². The van der Waals surface area contributed by atoms with Gasteiger partial charge in [0.15, 0.2) is 0 Å². The minimum atomic E-state index is -0.197. The van der Waals surface area contributed by atoms with Gasteiger partial charge in [0.1, 0.15) is 11.5 Å². The molecule has 0 aliphatic carbocycles. The van der Waals surface area contributed by atoms with Crippen LogP contribution in [0.5, 0.6) is 11.5 Å². The molecule has 1 aromatic rings. The predicted octanol–water partition coefficient (Wildman–Crippen LogP) is 1.59. The van der Waals surface area contributed by atoms with E-state index in [1.165, 1.54) is 14.2 Å².